The largest absolute Gasteiger partial charge is 0.494 e. The molecule has 1 aromatic carbocycles. The minimum atomic E-state index is -0.324. The van der Waals surface area contributed by atoms with Crippen LogP contribution >= 0.6 is 11.3 Å². The van der Waals surface area contributed by atoms with E-state index in [1.54, 1.807) is 46.2 Å². The van der Waals surface area contributed by atoms with Crippen molar-refractivity contribution >= 4 is 21.6 Å². The Morgan fingerprint density at radius 2 is 1.93 bits per heavy atom. The van der Waals surface area contributed by atoms with Crippen LogP contribution in [0.15, 0.2) is 46.5 Å². The first-order chi connectivity index (χ1) is 13.2. The summed E-state index contributed by atoms with van der Waals surface area (Å²) in [5.41, 5.74) is 1.14. The third-order valence-corrected chi connectivity index (χ3v) is 6.27. The van der Waals surface area contributed by atoms with E-state index in [1.165, 1.54) is 9.44 Å². The zero-order valence-electron chi connectivity index (χ0n) is 15.4. The van der Waals surface area contributed by atoms with Crippen molar-refractivity contribution in [2.24, 2.45) is 0 Å². The van der Waals surface area contributed by atoms with Crippen molar-refractivity contribution in [2.75, 3.05) is 6.61 Å². The summed E-state index contributed by atoms with van der Waals surface area (Å²) in [6.07, 6.45) is 5.81. The van der Waals surface area contributed by atoms with Gasteiger partial charge in [-0.15, -0.1) is 17.9 Å². The van der Waals surface area contributed by atoms with Crippen LogP contribution in [0.1, 0.15) is 30.2 Å². The standard InChI is InChI=1S/C21H22N2O3S/c1-3-13-22-20-18(16-7-5-6-8-17(16)27-20)19(24)23(21(22)25)14-9-11-15(12-10-14)26-4-2/h3,9-12H,1,4-8,13H2,2H3. The summed E-state index contributed by atoms with van der Waals surface area (Å²) in [6, 6.07) is 7.10. The van der Waals surface area contributed by atoms with Gasteiger partial charge in [-0.25, -0.2) is 9.36 Å². The number of hydrogen-bond acceptors (Lipinski definition) is 4. The molecule has 0 bridgehead atoms. The van der Waals surface area contributed by atoms with Crippen LogP contribution in [0.3, 0.4) is 0 Å². The molecule has 1 aliphatic rings. The number of aromatic nitrogens is 2. The highest BCUT2D eigenvalue weighted by Gasteiger charge is 2.23. The molecule has 0 saturated heterocycles. The van der Waals surface area contributed by atoms with Crippen LogP contribution in [-0.4, -0.2) is 15.7 Å². The number of aryl methyl sites for hydroxylation is 2. The number of fused-ring (bicyclic) bond motifs is 3. The first-order valence-electron chi connectivity index (χ1n) is 9.30. The molecule has 5 nitrogen and oxygen atoms in total. The molecule has 0 N–H and O–H groups in total. The molecule has 1 aliphatic carbocycles. The molecule has 0 spiro atoms. The predicted molar refractivity (Wildman–Crippen MR) is 110 cm³/mol. The number of nitrogens with zero attached hydrogens (tertiary/aromatic N) is 2. The summed E-state index contributed by atoms with van der Waals surface area (Å²) >= 11 is 1.59. The SMILES string of the molecule is C=CCn1c(=O)n(-c2ccc(OCC)cc2)c(=O)c2c3c(sc21)CCCC3. The molecule has 0 fully saturated rings. The molecule has 3 aromatic rings. The molecule has 6 heteroatoms. The maximum Gasteiger partial charge on any atom is 0.337 e. The Hall–Kier alpha value is -2.60. The fourth-order valence-corrected chi connectivity index (χ4v) is 5.13. The number of rotatable bonds is 5. The molecule has 0 aliphatic heterocycles. The Morgan fingerprint density at radius 1 is 1.19 bits per heavy atom. The number of thiophene rings is 1. The molecule has 0 saturated carbocycles. The van der Waals surface area contributed by atoms with Crippen molar-refractivity contribution < 1.29 is 4.74 Å². The van der Waals surface area contributed by atoms with Crippen LogP contribution in [0.5, 0.6) is 5.75 Å². The smallest absolute Gasteiger partial charge is 0.337 e. The topological polar surface area (TPSA) is 53.2 Å². The Balaban J connectivity index is 2.01. The molecule has 0 atom stereocenters. The lowest BCUT2D eigenvalue weighted by Crippen LogP contribution is -2.38. The van der Waals surface area contributed by atoms with Crippen LogP contribution in [-0.2, 0) is 19.4 Å². The minimum absolute atomic E-state index is 0.223. The van der Waals surface area contributed by atoms with Crippen LogP contribution < -0.4 is 16.0 Å². The summed E-state index contributed by atoms with van der Waals surface area (Å²) in [5, 5.41) is 0.699. The lowest BCUT2D eigenvalue weighted by molar-refractivity contribution is 0.340. The van der Waals surface area contributed by atoms with Gasteiger partial charge in [0, 0.05) is 11.4 Å². The molecule has 0 radical (unpaired) electrons. The van der Waals surface area contributed by atoms with Gasteiger partial charge >= 0.3 is 5.69 Å². The molecule has 27 heavy (non-hydrogen) atoms. The van der Waals surface area contributed by atoms with E-state index in [-0.39, 0.29) is 11.2 Å². The van der Waals surface area contributed by atoms with Crippen molar-refractivity contribution in [3.8, 4) is 11.4 Å². The van der Waals surface area contributed by atoms with Gasteiger partial charge in [0.25, 0.3) is 5.56 Å². The van der Waals surface area contributed by atoms with E-state index in [9.17, 15) is 9.59 Å². The minimum Gasteiger partial charge on any atom is -0.494 e. The number of allylic oxidation sites excluding steroid dienone is 1. The highest BCUT2D eigenvalue weighted by molar-refractivity contribution is 7.18. The van der Waals surface area contributed by atoms with E-state index >= 15 is 0 Å². The predicted octanol–water partition coefficient (Wildman–Crippen LogP) is 3.68. The van der Waals surface area contributed by atoms with Crippen molar-refractivity contribution in [2.45, 2.75) is 39.2 Å². The van der Waals surface area contributed by atoms with Crippen LogP contribution in [0.4, 0.5) is 0 Å². The normalized spacial score (nSPS) is 13.5. The zero-order chi connectivity index (χ0) is 19.0. The fourth-order valence-electron chi connectivity index (χ4n) is 3.74. The molecule has 0 unspecified atom stereocenters. The Kier molecular flexibility index (Phi) is 4.74. The van der Waals surface area contributed by atoms with Crippen molar-refractivity contribution in [1.29, 1.82) is 0 Å². The first kappa shape index (κ1) is 17.8. The van der Waals surface area contributed by atoms with Crippen LogP contribution in [0.2, 0.25) is 0 Å². The van der Waals surface area contributed by atoms with Crippen LogP contribution in [0.25, 0.3) is 15.9 Å². The number of hydrogen-bond donors (Lipinski definition) is 0. The summed E-state index contributed by atoms with van der Waals surface area (Å²) in [6.45, 7) is 6.65. The van der Waals surface area contributed by atoms with Gasteiger partial charge in [-0.3, -0.25) is 9.36 Å². The maximum atomic E-state index is 13.3. The second-order valence-electron chi connectivity index (χ2n) is 6.64. The third-order valence-electron chi connectivity index (χ3n) is 4.95. The van der Waals surface area contributed by atoms with Gasteiger partial charge < -0.3 is 4.74 Å². The summed E-state index contributed by atoms with van der Waals surface area (Å²) < 4.78 is 8.42. The van der Waals surface area contributed by atoms with E-state index in [0.29, 0.717) is 24.2 Å². The van der Waals surface area contributed by atoms with Gasteiger partial charge in [0.1, 0.15) is 10.6 Å². The number of ether oxygens (including phenoxy) is 1. The lowest BCUT2D eigenvalue weighted by atomic mass is 9.97. The van der Waals surface area contributed by atoms with E-state index in [2.05, 4.69) is 6.58 Å². The summed E-state index contributed by atoms with van der Waals surface area (Å²) in [5.74, 6) is 0.717. The summed E-state index contributed by atoms with van der Waals surface area (Å²) in [7, 11) is 0. The van der Waals surface area contributed by atoms with E-state index in [4.69, 9.17) is 4.74 Å². The molecule has 0 amide bonds. The zero-order valence-corrected chi connectivity index (χ0v) is 16.2. The summed E-state index contributed by atoms with van der Waals surface area (Å²) in [4.78, 5) is 28.5. The second kappa shape index (κ2) is 7.19. The van der Waals surface area contributed by atoms with Gasteiger partial charge in [0.2, 0.25) is 0 Å². The van der Waals surface area contributed by atoms with Gasteiger partial charge in [0.15, 0.2) is 0 Å². The second-order valence-corrected chi connectivity index (χ2v) is 7.72. The van der Waals surface area contributed by atoms with Crippen molar-refractivity contribution in [1.82, 2.24) is 9.13 Å². The Bertz CT molecular complexity index is 1120. The van der Waals surface area contributed by atoms with E-state index in [0.717, 1.165) is 41.8 Å². The quantitative estimate of drug-likeness (QED) is 0.633. The van der Waals surface area contributed by atoms with Crippen LogP contribution in [0, 0.1) is 0 Å². The Morgan fingerprint density at radius 3 is 2.63 bits per heavy atom. The molecule has 140 valence electrons. The highest BCUT2D eigenvalue weighted by atomic mass is 32.1. The number of benzene rings is 1. The average molecular weight is 382 g/mol. The molecule has 2 aromatic heterocycles. The van der Waals surface area contributed by atoms with Gasteiger partial charge in [-0.05, 0) is 62.4 Å². The third kappa shape index (κ3) is 2.94. The van der Waals surface area contributed by atoms with Gasteiger partial charge in [0.05, 0.1) is 17.7 Å². The molecule has 4 rings (SSSR count). The monoisotopic (exact) mass is 382 g/mol. The Labute approximate surface area is 161 Å². The van der Waals surface area contributed by atoms with E-state index in [1.807, 2.05) is 6.92 Å². The fraction of sp³-hybridized carbons (Fsp3) is 0.333. The van der Waals surface area contributed by atoms with Gasteiger partial charge in [-0.2, -0.15) is 0 Å². The molecular weight excluding hydrogens is 360 g/mol. The first-order valence-corrected chi connectivity index (χ1v) is 10.1. The van der Waals surface area contributed by atoms with Gasteiger partial charge in [-0.1, -0.05) is 6.08 Å². The molecular formula is C21H22N2O3S. The molecule has 2 heterocycles. The highest BCUT2D eigenvalue weighted by Crippen LogP contribution is 2.34. The average Bonchev–Trinajstić information content (AvgIpc) is 3.06. The lowest BCUT2D eigenvalue weighted by Gasteiger charge is -2.13. The van der Waals surface area contributed by atoms with Crippen molar-refractivity contribution in [3.05, 3.63) is 68.2 Å². The van der Waals surface area contributed by atoms with E-state index < -0.39 is 0 Å². The van der Waals surface area contributed by atoms with Crippen molar-refractivity contribution in [3.63, 3.8) is 0 Å². The maximum absolute atomic E-state index is 13.3.